The van der Waals surface area contributed by atoms with Crippen molar-refractivity contribution in [3.8, 4) is 0 Å². The van der Waals surface area contributed by atoms with Crippen molar-refractivity contribution < 1.29 is 33.9 Å². The fourth-order valence-corrected chi connectivity index (χ4v) is 5.20. The van der Waals surface area contributed by atoms with Gasteiger partial charge in [-0.1, -0.05) is 13.8 Å². The van der Waals surface area contributed by atoms with Crippen molar-refractivity contribution in [3.05, 3.63) is 0 Å². The highest BCUT2D eigenvalue weighted by Crippen LogP contribution is 2.10. The summed E-state index contributed by atoms with van der Waals surface area (Å²) in [7, 11) is 0. The van der Waals surface area contributed by atoms with Gasteiger partial charge in [-0.2, -0.15) is 0 Å². The fourth-order valence-electron chi connectivity index (χ4n) is 5.20. The second-order valence-corrected chi connectivity index (χ2v) is 13.6. The van der Waals surface area contributed by atoms with E-state index in [-0.39, 0.29) is 75.9 Å². The molecule has 0 spiro atoms. The summed E-state index contributed by atoms with van der Waals surface area (Å²) in [5.41, 5.74) is 27.7. The molecule has 54 heavy (non-hydrogen) atoms. The number of carbonyl (C=O) groups excluding carboxylic acids is 5. The van der Waals surface area contributed by atoms with Crippen molar-refractivity contribution >= 4 is 47.4 Å². The Morgan fingerprint density at radius 2 is 0.870 bits per heavy atom. The zero-order valence-corrected chi connectivity index (χ0v) is 31.9. The molecule has 20 N–H and O–H groups in total. The van der Waals surface area contributed by atoms with E-state index in [9.17, 15) is 33.9 Å². The maximum absolute atomic E-state index is 13.8. The van der Waals surface area contributed by atoms with Gasteiger partial charge in [0.05, 0.1) is 6.04 Å². The molecule has 0 aromatic rings. The predicted molar refractivity (Wildman–Crippen MR) is 205 cm³/mol. The molecule has 21 nitrogen and oxygen atoms in total. The van der Waals surface area contributed by atoms with Gasteiger partial charge in [-0.3, -0.25) is 34.8 Å². The highest BCUT2D eigenvalue weighted by molar-refractivity contribution is 5.96. The van der Waals surface area contributed by atoms with Crippen molar-refractivity contribution in [1.29, 1.82) is 10.8 Å². The van der Waals surface area contributed by atoms with Gasteiger partial charge in [0.15, 0.2) is 11.9 Å². The van der Waals surface area contributed by atoms with Crippen LogP contribution in [0.15, 0.2) is 0 Å². The van der Waals surface area contributed by atoms with Crippen LogP contribution in [0.4, 0.5) is 0 Å². The number of carboxylic acid groups (broad SMARTS) is 1. The summed E-state index contributed by atoms with van der Waals surface area (Å²) in [6.45, 7) is 6.25. The largest absolute Gasteiger partial charge is 0.480 e. The van der Waals surface area contributed by atoms with Gasteiger partial charge >= 0.3 is 5.97 Å². The van der Waals surface area contributed by atoms with Crippen molar-refractivity contribution in [2.75, 3.05) is 26.2 Å². The number of aliphatic carboxylic acids is 1. The average Bonchev–Trinajstić information content (AvgIpc) is 3.08. The predicted octanol–water partition coefficient (Wildman–Crippen LogP) is -3.33. The van der Waals surface area contributed by atoms with E-state index in [0.29, 0.717) is 38.8 Å². The van der Waals surface area contributed by atoms with Gasteiger partial charge in [0.25, 0.3) is 0 Å². The van der Waals surface area contributed by atoms with Crippen molar-refractivity contribution in [2.24, 2.45) is 34.6 Å². The van der Waals surface area contributed by atoms with Crippen molar-refractivity contribution in [3.63, 3.8) is 0 Å². The molecule has 0 aromatic heterocycles. The summed E-state index contributed by atoms with van der Waals surface area (Å²) in [5, 5.41) is 42.7. The first kappa shape index (κ1) is 49.2. The third kappa shape index (κ3) is 22.3. The average molecular weight is 771 g/mol. The minimum atomic E-state index is -1.29. The highest BCUT2D eigenvalue weighted by atomic mass is 16.4. The number of rotatable bonds is 29. The van der Waals surface area contributed by atoms with E-state index < -0.39 is 71.8 Å². The molecule has 310 valence electrons. The van der Waals surface area contributed by atoms with Gasteiger partial charge < -0.3 is 71.0 Å². The number of carboxylic acids is 1. The lowest BCUT2D eigenvalue weighted by atomic mass is 10.0. The number of hydrogen-bond donors (Lipinski definition) is 15. The molecular formula is C33H66N14O7. The number of amides is 5. The molecule has 0 aliphatic carbocycles. The van der Waals surface area contributed by atoms with E-state index in [2.05, 4.69) is 37.2 Å². The Balaban J connectivity index is 6.27. The van der Waals surface area contributed by atoms with Crippen LogP contribution in [0.3, 0.4) is 0 Å². The molecule has 5 amide bonds. The van der Waals surface area contributed by atoms with Crippen molar-refractivity contribution in [2.45, 2.75) is 128 Å². The van der Waals surface area contributed by atoms with Gasteiger partial charge in [0, 0.05) is 13.1 Å². The summed E-state index contributed by atoms with van der Waals surface area (Å²) in [6, 6.07) is -6.72. The molecule has 0 saturated heterocycles. The first-order chi connectivity index (χ1) is 25.4. The summed E-state index contributed by atoms with van der Waals surface area (Å²) < 4.78 is 0. The van der Waals surface area contributed by atoms with Crippen LogP contribution in [0.2, 0.25) is 0 Å². The summed E-state index contributed by atoms with van der Waals surface area (Å²) >= 11 is 0. The second-order valence-electron chi connectivity index (χ2n) is 13.6. The van der Waals surface area contributed by atoms with Gasteiger partial charge in [-0.15, -0.1) is 0 Å². The molecular weight excluding hydrogens is 704 g/mol. The van der Waals surface area contributed by atoms with E-state index in [1.54, 1.807) is 0 Å². The minimum Gasteiger partial charge on any atom is -0.480 e. The summed E-state index contributed by atoms with van der Waals surface area (Å²) in [4.78, 5) is 78.9. The molecule has 0 heterocycles. The third-order valence-electron chi connectivity index (χ3n) is 8.13. The van der Waals surface area contributed by atoms with Gasteiger partial charge in [0.2, 0.25) is 29.5 Å². The molecule has 21 heteroatoms. The number of carbonyl (C=O) groups is 6. The zero-order valence-electron chi connectivity index (χ0n) is 31.9. The number of hydrogen-bond acceptors (Lipinski definition) is 11. The Hall–Kier alpha value is -4.76. The molecule has 0 saturated carbocycles. The molecule has 6 atom stereocenters. The second kappa shape index (κ2) is 27.8. The topological polar surface area (TPSA) is 385 Å². The maximum atomic E-state index is 13.8. The number of unbranched alkanes of at least 4 members (excludes halogenated alkanes) is 2. The molecule has 0 radical (unpaired) electrons. The van der Waals surface area contributed by atoms with Crippen LogP contribution in [0.25, 0.3) is 0 Å². The van der Waals surface area contributed by atoms with Crippen LogP contribution < -0.4 is 65.9 Å². The highest BCUT2D eigenvalue weighted by Gasteiger charge is 2.32. The molecule has 0 fully saturated rings. The van der Waals surface area contributed by atoms with Gasteiger partial charge in [0.1, 0.15) is 30.2 Å². The lowest BCUT2D eigenvalue weighted by molar-refractivity contribution is -0.142. The van der Waals surface area contributed by atoms with Crippen LogP contribution in [-0.4, -0.2) is 115 Å². The Morgan fingerprint density at radius 3 is 1.20 bits per heavy atom. The monoisotopic (exact) mass is 771 g/mol. The normalized spacial score (nSPS) is 14.3. The lowest BCUT2D eigenvalue weighted by Gasteiger charge is -2.27. The van der Waals surface area contributed by atoms with E-state index in [0.717, 1.165) is 0 Å². The summed E-state index contributed by atoms with van der Waals surface area (Å²) in [6.07, 6.45) is 3.04. The van der Waals surface area contributed by atoms with Crippen molar-refractivity contribution in [1.82, 2.24) is 37.2 Å². The van der Waals surface area contributed by atoms with E-state index in [1.165, 1.54) is 6.92 Å². The van der Waals surface area contributed by atoms with Gasteiger partial charge in [-0.25, -0.2) is 4.79 Å². The third-order valence-corrected chi connectivity index (χ3v) is 8.13. The number of nitrogens with two attached hydrogens (primary N) is 5. The maximum Gasteiger partial charge on any atom is 0.326 e. The summed E-state index contributed by atoms with van der Waals surface area (Å²) in [5.74, 6) is -5.21. The Bertz CT molecular complexity index is 1220. The Morgan fingerprint density at radius 1 is 0.537 bits per heavy atom. The molecule has 0 aromatic carbocycles. The number of guanidine groups is 2. The van der Waals surface area contributed by atoms with Gasteiger partial charge in [-0.05, 0) is 96.6 Å². The van der Waals surface area contributed by atoms with Crippen LogP contribution in [0, 0.1) is 16.7 Å². The lowest BCUT2D eigenvalue weighted by Crippen LogP contribution is -2.59. The van der Waals surface area contributed by atoms with Crippen LogP contribution in [-0.2, 0) is 28.8 Å². The van der Waals surface area contributed by atoms with E-state index >= 15 is 0 Å². The van der Waals surface area contributed by atoms with E-state index in [1.807, 2.05) is 13.8 Å². The Kier molecular flexibility index (Phi) is 25.3. The van der Waals surface area contributed by atoms with E-state index in [4.69, 9.17) is 39.5 Å². The quantitative estimate of drug-likeness (QED) is 0.0201. The molecule has 0 aliphatic rings. The molecule has 0 rings (SSSR count). The first-order valence-electron chi connectivity index (χ1n) is 18.5. The van der Waals surface area contributed by atoms with Crippen LogP contribution >= 0.6 is 0 Å². The number of nitrogens with one attached hydrogen (secondary N) is 9. The smallest absolute Gasteiger partial charge is 0.326 e. The first-order valence-corrected chi connectivity index (χ1v) is 18.5. The molecule has 0 bridgehead atoms. The van der Waals surface area contributed by atoms with Crippen LogP contribution in [0.1, 0.15) is 91.4 Å². The fraction of sp³-hybridized carbons (Fsp3) is 0.758. The molecule has 0 unspecified atom stereocenters. The molecule has 0 aliphatic heterocycles. The standard InChI is InChI=1S/C33H66N14O7/c1-19(2)18-25(47-26(48)20(3)36)30(52)45-23(12-8-16-41-32(37)38)28(50)43-21(10-4-6-14-34)27(49)44-22(11-5-7-15-35)29(51)46-24(31(53)54)13-9-17-42-33(39)40/h19-25H,4-18,34-36H2,1-3H3,(H,43,50)(H,44,49)(H,45,52)(H,46,51)(H,47,48)(H,53,54)(H4,37,38,41)(H4,39,40,42)/t20-,21-,22-,23-,24-,25-/m0/s1. The minimum absolute atomic E-state index is 0.0127. The SMILES string of the molecule is CC(C)C[C@H](NC(=O)[C@H](C)N)C(=O)N[C@@H](CCCNC(=N)N)C(=O)N[C@@H](CCCCN)C(=O)N[C@@H](CCCCN)C(=O)N[C@@H](CCCNC(=N)N)C(=O)O. The zero-order chi connectivity index (χ0) is 41.2. The van der Waals surface area contributed by atoms with Crippen LogP contribution in [0.5, 0.6) is 0 Å². The Labute approximate surface area is 317 Å².